The van der Waals surface area contributed by atoms with Gasteiger partial charge in [-0.05, 0) is 26.0 Å². The molecule has 3 aromatic rings. The summed E-state index contributed by atoms with van der Waals surface area (Å²) in [5, 5.41) is 11.3. The van der Waals surface area contributed by atoms with Gasteiger partial charge in [0.2, 0.25) is 5.13 Å². The van der Waals surface area contributed by atoms with Crippen molar-refractivity contribution in [3.05, 3.63) is 47.2 Å². The molecule has 1 amide bonds. The van der Waals surface area contributed by atoms with E-state index in [1.165, 1.54) is 18.3 Å². The Hall–Kier alpha value is -3.07. The minimum absolute atomic E-state index is 0.349. The highest BCUT2D eigenvalue weighted by atomic mass is 32.1. The number of ether oxygens (including phenoxy) is 1. The smallest absolute Gasteiger partial charge is 0.338 e. The molecule has 0 saturated carbocycles. The van der Waals surface area contributed by atoms with Crippen LogP contribution in [0.4, 0.5) is 5.13 Å². The zero-order valence-corrected chi connectivity index (χ0v) is 14.3. The van der Waals surface area contributed by atoms with Crippen LogP contribution in [0.5, 0.6) is 0 Å². The molecule has 2 N–H and O–H groups in total. The van der Waals surface area contributed by atoms with Crippen molar-refractivity contribution < 1.29 is 14.3 Å². The number of carbonyl (C=O) groups is 2. The molecular weight excluding hydrogens is 342 g/mol. The first kappa shape index (κ1) is 16.8. The predicted molar refractivity (Wildman–Crippen MR) is 92.2 cm³/mol. The lowest BCUT2D eigenvalue weighted by molar-refractivity contribution is -0.123. The molecule has 3 rings (SSSR count). The van der Waals surface area contributed by atoms with Crippen molar-refractivity contribution in [2.45, 2.75) is 20.0 Å². The first-order valence-electron chi connectivity index (χ1n) is 7.44. The lowest BCUT2D eigenvalue weighted by atomic mass is 10.1. The second-order valence-corrected chi connectivity index (χ2v) is 6.36. The summed E-state index contributed by atoms with van der Waals surface area (Å²) in [7, 11) is 0. The number of aromatic nitrogens is 4. The van der Waals surface area contributed by atoms with Gasteiger partial charge in [-0.1, -0.05) is 23.5 Å². The zero-order valence-electron chi connectivity index (χ0n) is 13.5. The molecule has 0 fully saturated rings. The number of esters is 1. The van der Waals surface area contributed by atoms with Crippen LogP contribution in [0.15, 0.2) is 36.7 Å². The molecular formula is C16H15N5O3S. The van der Waals surface area contributed by atoms with Crippen LogP contribution < -0.4 is 5.32 Å². The maximum atomic E-state index is 12.2. The Morgan fingerprint density at radius 3 is 2.60 bits per heavy atom. The van der Waals surface area contributed by atoms with Gasteiger partial charge in [-0.3, -0.25) is 10.1 Å². The number of rotatable bonds is 5. The molecule has 1 aromatic carbocycles. The minimum atomic E-state index is -0.957. The quantitative estimate of drug-likeness (QED) is 0.679. The normalized spacial score (nSPS) is 11.8. The molecule has 0 aliphatic carbocycles. The highest BCUT2D eigenvalue weighted by molar-refractivity contribution is 7.15. The van der Waals surface area contributed by atoms with Crippen molar-refractivity contribution in [2.24, 2.45) is 0 Å². The molecule has 0 radical (unpaired) electrons. The number of amides is 1. The number of imidazole rings is 1. The number of benzene rings is 1. The van der Waals surface area contributed by atoms with Crippen molar-refractivity contribution in [2.75, 3.05) is 5.32 Å². The van der Waals surface area contributed by atoms with E-state index < -0.39 is 18.0 Å². The van der Waals surface area contributed by atoms with E-state index in [1.807, 2.05) is 0 Å². The van der Waals surface area contributed by atoms with E-state index in [4.69, 9.17) is 4.74 Å². The molecule has 2 heterocycles. The molecule has 1 unspecified atom stereocenters. The van der Waals surface area contributed by atoms with Gasteiger partial charge in [0.25, 0.3) is 5.91 Å². The lowest BCUT2D eigenvalue weighted by Gasteiger charge is -2.12. The lowest BCUT2D eigenvalue weighted by Crippen LogP contribution is -2.30. The summed E-state index contributed by atoms with van der Waals surface area (Å²) in [4.78, 5) is 31.3. The summed E-state index contributed by atoms with van der Waals surface area (Å²) in [6.45, 7) is 3.28. The Balaban J connectivity index is 1.60. The minimum Gasteiger partial charge on any atom is -0.449 e. The summed E-state index contributed by atoms with van der Waals surface area (Å²) in [6.07, 6.45) is 2.41. The predicted octanol–water partition coefficient (Wildman–Crippen LogP) is 2.42. The van der Waals surface area contributed by atoms with E-state index in [2.05, 4.69) is 25.5 Å². The maximum absolute atomic E-state index is 12.2. The highest BCUT2D eigenvalue weighted by Crippen LogP contribution is 2.17. The third-order valence-electron chi connectivity index (χ3n) is 3.30. The van der Waals surface area contributed by atoms with Gasteiger partial charge in [0, 0.05) is 18.0 Å². The second kappa shape index (κ2) is 7.22. The van der Waals surface area contributed by atoms with Gasteiger partial charge in [0.15, 0.2) is 6.10 Å². The molecule has 9 heteroatoms. The van der Waals surface area contributed by atoms with Crippen molar-refractivity contribution in [1.29, 1.82) is 0 Å². The highest BCUT2D eigenvalue weighted by Gasteiger charge is 2.20. The van der Waals surface area contributed by atoms with Gasteiger partial charge >= 0.3 is 5.97 Å². The Labute approximate surface area is 147 Å². The van der Waals surface area contributed by atoms with E-state index >= 15 is 0 Å². The Kier molecular flexibility index (Phi) is 4.85. The van der Waals surface area contributed by atoms with Crippen LogP contribution in [-0.4, -0.2) is 38.1 Å². The van der Waals surface area contributed by atoms with Gasteiger partial charge in [-0.2, -0.15) is 0 Å². The monoisotopic (exact) mass is 357 g/mol. The first-order chi connectivity index (χ1) is 12.0. The molecule has 1 atom stereocenters. The average molecular weight is 357 g/mol. The standard InChI is InChI=1S/C16H15N5O3S/c1-9(14(22)19-16-21-20-10(2)25-16)24-15(23)12-5-3-11(4-6-12)13-17-7-8-18-13/h3-9H,1-2H3,(H,17,18)(H,19,21,22). The second-order valence-electron chi connectivity index (χ2n) is 5.18. The molecule has 0 bridgehead atoms. The van der Waals surface area contributed by atoms with Crippen LogP contribution >= 0.6 is 11.3 Å². The zero-order chi connectivity index (χ0) is 17.8. The molecule has 2 aromatic heterocycles. The van der Waals surface area contributed by atoms with Crippen LogP contribution in [0, 0.1) is 6.92 Å². The summed E-state index contributed by atoms with van der Waals surface area (Å²) in [6, 6.07) is 6.76. The SMILES string of the molecule is Cc1nnc(NC(=O)C(C)OC(=O)c2ccc(-c3ncc[nH]3)cc2)s1. The Bertz CT molecular complexity index is 874. The Morgan fingerprint density at radius 2 is 2.00 bits per heavy atom. The van der Waals surface area contributed by atoms with Gasteiger partial charge in [0.1, 0.15) is 10.8 Å². The molecule has 0 saturated heterocycles. The fourth-order valence-corrected chi connectivity index (χ4v) is 2.62. The first-order valence-corrected chi connectivity index (χ1v) is 8.26. The van der Waals surface area contributed by atoms with Gasteiger partial charge in [0.05, 0.1) is 5.56 Å². The van der Waals surface area contributed by atoms with E-state index in [0.29, 0.717) is 16.5 Å². The van der Waals surface area contributed by atoms with E-state index in [-0.39, 0.29) is 0 Å². The molecule has 128 valence electrons. The largest absolute Gasteiger partial charge is 0.449 e. The third-order valence-corrected chi connectivity index (χ3v) is 4.06. The van der Waals surface area contributed by atoms with Gasteiger partial charge in [-0.25, -0.2) is 9.78 Å². The van der Waals surface area contributed by atoms with Crippen molar-refractivity contribution in [1.82, 2.24) is 20.2 Å². The summed E-state index contributed by atoms with van der Waals surface area (Å²) < 4.78 is 5.19. The van der Waals surface area contributed by atoms with E-state index in [0.717, 1.165) is 10.6 Å². The third kappa shape index (κ3) is 4.07. The fourth-order valence-electron chi connectivity index (χ4n) is 2.02. The number of carbonyl (C=O) groups excluding carboxylic acids is 2. The maximum Gasteiger partial charge on any atom is 0.338 e. The number of H-pyrrole nitrogens is 1. The van der Waals surface area contributed by atoms with E-state index in [9.17, 15) is 9.59 Å². The number of nitrogens with one attached hydrogen (secondary N) is 2. The molecule has 0 spiro atoms. The Morgan fingerprint density at radius 1 is 1.24 bits per heavy atom. The number of anilines is 1. The van der Waals surface area contributed by atoms with Crippen molar-refractivity contribution >= 4 is 28.3 Å². The van der Waals surface area contributed by atoms with Crippen LogP contribution in [-0.2, 0) is 9.53 Å². The molecule has 25 heavy (non-hydrogen) atoms. The molecule has 0 aliphatic heterocycles. The van der Waals surface area contributed by atoms with Crippen LogP contribution in [0.3, 0.4) is 0 Å². The summed E-state index contributed by atoms with van der Waals surface area (Å²) in [5.74, 6) is -0.334. The number of aryl methyl sites for hydroxylation is 1. The average Bonchev–Trinajstić information content (AvgIpc) is 3.27. The summed E-state index contributed by atoms with van der Waals surface area (Å²) >= 11 is 1.25. The topological polar surface area (TPSA) is 110 Å². The molecule has 0 aliphatic rings. The van der Waals surface area contributed by atoms with Crippen LogP contribution in [0.1, 0.15) is 22.3 Å². The number of hydrogen-bond acceptors (Lipinski definition) is 7. The number of nitrogens with zero attached hydrogens (tertiary/aromatic N) is 3. The summed E-state index contributed by atoms with van der Waals surface area (Å²) in [5.41, 5.74) is 1.20. The van der Waals surface area contributed by atoms with E-state index in [1.54, 1.807) is 43.6 Å². The van der Waals surface area contributed by atoms with Crippen molar-refractivity contribution in [3.8, 4) is 11.4 Å². The van der Waals surface area contributed by atoms with Gasteiger partial charge in [-0.15, -0.1) is 10.2 Å². The van der Waals surface area contributed by atoms with Crippen LogP contribution in [0.2, 0.25) is 0 Å². The fraction of sp³-hybridized carbons (Fsp3) is 0.188. The van der Waals surface area contributed by atoms with Crippen LogP contribution in [0.25, 0.3) is 11.4 Å². The van der Waals surface area contributed by atoms with Crippen molar-refractivity contribution in [3.63, 3.8) is 0 Å². The number of hydrogen-bond donors (Lipinski definition) is 2. The number of aromatic amines is 1. The molecule has 8 nitrogen and oxygen atoms in total. The van der Waals surface area contributed by atoms with Gasteiger partial charge < -0.3 is 9.72 Å².